The predicted octanol–water partition coefficient (Wildman–Crippen LogP) is 2.56. The van der Waals surface area contributed by atoms with Crippen LogP contribution in [0.5, 0.6) is 0 Å². The minimum atomic E-state index is 0.259. The summed E-state index contributed by atoms with van der Waals surface area (Å²) in [6, 6.07) is 0.259. The van der Waals surface area contributed by atoms with Crippen molar-refractivity contribution in [3.63, 3.8) is 0 Å². The number of oxime groups is 1. The van der Waals surface area contributed by atoms with Crippen LogP contribution in [0.15, 0.2) is 11.4 Å². The molecular formula is C13H19N3O. The Hall–Kier alpha value is -1.32. The average molecular weight is 233 g/mol. The molecule has 0 amide bonds. The fraction of sp³-hybridized carbons (Fsp3) is 0.692. The van der Waals surface area contributed by atoms with Crippen molar-refractivity contribution in [2.75, 3.05) is 0 Å². The molecule has 2 saturated carbocycles. The summed E-state index contributed by atoms with van der Waals surface area (Å²) < 4.78 is 2.24. The number of hydrogen-bond acceptors (Lipinski definition) is 3. The van der Waals surface area contributed by atoms with Crippen LogP contribution in [0.25, 0.3) is 0 Å². The first kappa shape index (κ1) is 10.8. The van der Waals surface area contributed by atoms with Gasteiger partial charge in [0.25, 0.3) is 0 Å². The Kier molecular flexibility index (Phi) is 2.45. The summed E-state index contributed by atoms with van der Waals surface area (Å²) in [6.07, 6.45) is 6.67. The lowest BCUT2D eigenvalue weighted by molar-refractivity contribution is 0.306. The van der Waals surface area contributed by atoms with E-state index >= 15 is 0 Å². The molecule has 17 heavy (non-hydrogen) atoms. The Morgan fingerprint density at radius 2 is 2.35 bits per heavy atom. The zero-order chi connectivity index (χ0) is 12.0. The molecule has 2 aliphatic carbocycles. The minimum absolute atomic E-state index is 0.259. The second kappa shape index (κ2) is 3.86. The van der Waals surface area contributed by atoms with Gasteiger partial charge in [0.05, 0.1) is 17.4 Å². The zero-order valence-corrected chi connectivity index (χ0v) is 10.4. The van der Waals surface area contributed by atoms with E-state index < -0.39 is 0 Å². The third kappa shape index (κ3) is 1.50. The van der Waals surface area contributed by atoms with Gasteiger partial charge in [0.15, 0.2) is 0 Å². The average Bonchev–Trinajstić information content (AvgIpc) is 3.00. The summed E-state index contributed by atoms with van der Waals surface area (Å²) in [5, 5.41) is 12.8. The lowest BCUT2D eigenvalue weighted by Gasteiger charge is -2.25. The monoisotopic (exact) mass is 233 g/mol. The quantitative estimate of drug-likeness (QED) is 0.630. The smallest absolute Gasteiger partial charge is 0.109 e. The highest BCUT2D eigenvalue weighted by atomic mass is 16.4. The van der Waals surface area contributed by atoms with Gasteiger partial charge in [0.2, 0.25) is 0 Å². The van der Waals surface area contributed by atoms with Gasteiger partial charge in [-0.05, 0) is 32.1 Å². The van der Waals surface area contributed by atoms with Crippen molar-refractivity contribution in [1.29, 1.82) is 0 Å². The predicted molar refractivity (Wildman–Crippen MR) is 65.4 cm³/mol. The lowest BCUT2D eigenvalue weighted by Crippen LogP contribution is -2.26. The molecule has 1 N–H and O–H groups in total. The first-order valence-corrected chi connectivity index (χ1v) is 6.50. The number of fused-ring (bicyclic) bond motifs is 2. The molecule has 2 aliphatic rings. The molecule has 2 bridgehead atoms. The van der Waals surface area contributed by atoms with Crippen molar-refractivity contribution in [3.05, 3.63) is 17.7 Å². The van der Waals surface area contributed by atoms with Crippen LogP contribution in [0.2, 0.25) is 0 Å². The highest BCUT2D eigenvalue weighted by Gasteiger charge is 2.46. The summed E-state index contributed by atoms with van der Waals surface area (Å²) in [6.45, 7) is 4.15. The van der Waals surface area contributed by atoms with Crippen molar-refractivity contribution in [2.45, 2.75) is 45.6 Å². The number of hydrogen-bond donors (Lipinski definition) is 1. The lowest BCUT2D eigenvalue weighted by atomic mass is 9.93. The molecule has 0 unspecified atom stereocenters. The maximum Gasteiger partial charge on any atom is 0.109 e. The number of imidazole rings is 1. The summed E-state index contributed by atoms with van der Waals surface area (Å²) in [7, 11) is 0. The van der Waals surface area contributed by atoms with Crippen molar-refractivity contribution >= 4 is 5.71 Å². The molecule has 0 aliphatic heterocycles. The van der Waals surface area contributed by atoms with Gasteiger partial charge < -0.3 is 9.77 Å². The SMILES string of the molecule is CCc1nc(C)cn1[C@@H]1/C(=N\O)[C@H]2CC[C@H]1C2. The van der Waals surface area contributed by atoms with E-state index in [0.29, 0.717) is 11.8 Å². The van der Waals surface area contributed by atoms with E-state index in [-0.39, 0.29) is 6.04 Å². The van der Waals surface area contributed by atoms with Gasteiger partial charge in [-0.15, -0.1) is 0 Å². The first-order chi connectivity index (χ1) is 8.24. The standard InChI is InChI=1S/C13H19N3O/c1-3-11-14-8(2)7-16(11)13-10-5-4-9(6-10)12(13)15-17/h7,9-10,13,17H,3-6H2,1-2H3/b15-12-/t9-,10-,13-/m0/s1. The molecule has 4 nitrogen and oxygen atoms in total. The Morgan fingerprint density at radius 1 is 1.53 bits per heavy atom. The van der Waals surface area contributed by atoms with Crippen molar-refractivity contribution in [1.82, 2.24) is 9.55 Å². The van der Waals surface area contributed by atoms with E-state index in [1.807, 2.05) is 6.92 Å². The Labute approximate surface area is 101 Å². The summed E-state index contributed by atoms with van der Waals surface area (Å²) in [4.78, 5) is 4.55. The van der Waals surface area contributed by atoms with Gasteiger partial charge in [-0.1, -0.05) is 12.1 Å². The second-order valence-electron chi connectivity index (χ2n) is 5.30. The maximum atomic E-state index is 9.24. The molecule has 3 atom stereocenters. The highest BCUT2D eigenvalue weighted by molar-refractivity contribution is 5.93. The van der Waals surface area contributed by atoms with E-state index in [2.05, 4.69) is 27.8 Å². The van der Waals surface area contributed by atoms with Gasteiger partial charge in [0.1, 0.15) is 5.82 Å². The molecule has 0 radical (unpaired) electrons. The van der Waals surface area contributed by atoms with E-state index in [1.165, 1.54) is 19.3 Å². The van der Waals surface area contributed by atoms with E-state index in [4.69, 9.17) is 0 Å². The summed E-state index contributed by atoms with van der Waals surface area (Å²) in [5.74, 6) is 2.26. The first-order valence-electron chi connectivity index (χ1n) is 6.50. The Bertz CT molecular complexity index is 463. The topological polar surface area (TPSA) is 50.4 Å². The van der Waals surface area contributed by atoms with Crippen LogP contribution in [0, 0.1) is 18.8 Å². The molecule has 2 fully saturated rings. The normalized spacial score (nSPS) is 33.8. The van der Waals surface area contributed by atoms with Gasteiger partial charge in [-0.2, -0.15) is 0 Å². The van der Waals surface area contributed by atoms with Crippen LogP contribution in [0.4, 0.5) is 0 Å². The van der Waals surface area contributed by atoms with Crippen molar-refractivity contribution in [2.24, 2.45) is 17.0 Å². The fourth-order valence-corrected chi connectivity index (χ4v) is 3.63. The number of aromatic nitrogens is 2. The number of aryl methyl sites for hydroxylation is 2. The highest BCUT2D eigenvalue weighted by Crippen LogP contribution is 2.49. The molecule has 3 rings (SSSR count). The van der Waals surface area contributed by atoms with Gasteiger partial charge in [-0.25, -0.2) is 4.98 Å². The van der Waals surface area contributed by atoms with E-state index in [1.54, 1.807) is 0 Å². The molecule has 92 valence electrons. The van der Waals surface area contributed by atoms with Crippen LogP contribution in [0.1, 0.15) is 43.7 Å². The van der Waals surface area contributed by atoms with Crippen LogP contribution < -0.4 is 0 Å². The minimum Gasteiger partial charge on any atom is -0.411 e. The Morgan fingerprint density at radius 3 is 3.06 bits per heavy atom. The zero-order valence-electron chi connectivity index (χ0n) is 10.4. The van der Waals surface area contributed by atoms with Gasteiger partial charge in [0, 0.05) is 18.5 Å². The van der Waals surface area contributed by atoms with Crippen LogP contribution in [-0.2, 0) is 6.42 Å². The maximum absolute atomic E-state index is 9.24. The van der Waals surface area contributed by atoms with E-state index in [0.717, 1.165) is 23.7 Å². The van der Waals surface area contributed by atoms with Crippen LogP contribution >= 0.6 is 0 Å². The number of nitrogens with zero attached hydrogens (tertiary/aromatic N) is 3. The number of rotatable bonds is 2. The molecule has 0 aromatic carbocycles. The second-order valence-corrected chi connectivity index (χ2v) is 5.30. The molecule has 1 aromatic heterocycles. The molecule has 1 aromatic rings. The molecular weight excluding hydrogens is 214 g/mol. The third-order valence-corrected chi connectivity index (χ3v) is 4.30. The molecule has 1 heterocycles. The fourth-order valence-electron chi connectivity index (χ4n) is 3.63. The molecule has 4 heteroatoms. The molecule has 0 spiro atoms. The summed E-state index contributed by atoms with van der Waals surface area (Å²) in [5.41, 5.74) is 2.04. The molecule has 0 saturated heterocycles. The van der Waals surface area contributed by atoms with Crippen LogP contribution in [0.3, 0.4) is 0 Å². The summed E-state index contributed by atoms with van der Waals surface area (Å²) >= 11 is 0. The third-order valence-electron chi connectivity index (χ3n) is 4.30. The Balaban J connectivity index is 2.03. The van der Waals surface area contributed by atoms with Crippen LogP contribution in [-0.4, -0.2) is 20.5 Å². The van der Waals surface area contributed by atoms with Crippen molar-refractivity contribution < 1.29 is 5.21 Å². The van der Waals surface area contributed by atoms with Crippen molar-refractivity contribution in [3.8, 4) is 0 Å². The van der Waals surface area contributed by atoms with E-state index in [9.17, 15) is 5.21 Å². The van der Waals surface area contributed by atoms with Gasteiger partial charge in [-0.3, -0.25) is 0 Å². The largest absolute Gasteiger partial charge is 0.411 e. The van der Waals surface area contributed by atoms with Gasteiger partial charge >= 0.3 is 0 Å².